The molecular formula is C22H28N2O5S. The molecule has 30 heavy (non-hydrogen) atoms. The highest BCUT2D eigenvalue weighted by molar-refractivity contribution is 7.89. The van der Waals surface area contributed by atoms with Crippen LogP contribution < -0.4 is 0 Å². The number of hydrogen-bond acceptors (Lipinski definition) is 5. The van der Waals surface area contributed by atoms with Gasteiger partial charge in [0.1, 0.15) is 0 Å². The number of ether oxygens (including phenoxy) is 1. The number of carbonyl (C=O) groups excluding carboxylic acids is 2. The van der Waals surface area contributed by atoms with Crippen LogP contribution in [-0.4, -0.2) is 55.7 Å². The molecule has 8 heteroatoms. The summed E-state index contributed by atoms with van der Waals surface area (Å²) < 4.78 is 31.8. The van der Waals surface area contributed by atoms with Gasteiger partial charge in [-0.25, -0.2) is 13.2 Å². The first-order valence-electron chi connectivity index (χ1n) is 9.62. The summed E-state index contributed by atoms with van der Waals surface area (Å²) in [6.45, 7) is 5.40. The molecule has 0 heterocycles. The largest absolute Gasteiger partial charge is 0.449 e. The van der Waals surface area contributed by atoms with Crippen molar-refractivity contribution in [2.45, 2.75) is 44.4 Å². The van der Waals surface area contributed by atoms with Crippen molar-refractivity contribution >= 4 is 21.9 Å². The van der Waals surface area contributed by atoms with Crippen molar-refractivity contribution in [3.05, 3.63) is 65.7 Å². The third-order valence-electron chi connectivity index (χ3n) is 4.74. The van der Waals surface area contributed by atoms with Crippen LogP contribution in [0.3, 0.4) is 0 Å². The molecule has 2 aromatic rings. The molecular weight excluding hydrogens is 404 g/mol. The minimum Gasteiger partial charge on any atom is -0.449 e. The molecule has 0 aliphatic rings. The van der Waals surface area contributed by atoms with Gasteiger partial charge in [0.15, 0.2) is 6.10 Å². The van der Waals surface area contributed by atoms with E-state index in [2.05, 4.69) is 0 Å². The molecule has 0 saturated heterocycles. The van der Waals surface area contributed by atoms with Gasteiger partial charge in [0.25, 0.3) is 5.91 Å². The molecule has 1 atom stereocenters. The number of esters is 1. The summed E-state index contributed by atoms with van der Waals surface area (Å²) in [6, 6.07) is 14.9. The average Bonchev–Trinajstić information content (AvgIpc) is 2.73. The molecule has 162 valence electrons. The van der Waals surface area contributed by atoms with Gasteiger partial charge in [0, 0.05) is 26.7 Å². The van der Waals surface area contributed by atoms with Crippen LogP contribution in [0.1, 0.15) is 36.7 Å². The zero-order chi connectivity index (χ0) is 22.5. The number of hydrogen-bond donors (Lipinski definition) is 0. The topological polar surface area (TPSA) is 84.0 Å². The molecule has 0 aliphatic carbocycles. The molecule has 0 bridgehead atoms. The summed E-state index contributed by atoms with van der Waals surface area (Å²) in [5.41, 5.74) is 1.03. The van der Waals surface area contributed by atoms with Crippen LogP contribution in [0.25, 0.3) is 0 Å². The summed E-state index contributed by atoms with van der Waals surface area (Å²) in [6.07, 6.45) is -1.01. The minimum absolute atomic E-state index is 0.00618. The zero-order valence-electron chi connectivity index (χ0n) is 17.9. The lowest BCUT2D eigenvalue weighted by Gasteiger charge is -2.22. The number of carbonyl (C=O) groups is 2. The van der Waals surface area contributed by atoms with E-state index >= 15 is 0 Å². The highest BCUT2D eigenvalue weighted by Crippen LogP contribution is 2.19. The number of amides is 1. The molecule has 1 amide bonds. The summed E-state index contributed by atoms with van der Waals surface area (Å²) >= 11 is 0. The standard InChI is InChI=1S/C22H28N2O5S/c1-16(2)24(5)30(27,28)20-13-9-12-19(14-20)22(26)29-17(3)21(25)23(4)15-18-10-7-6-8-11-18/h6-14,16-17H,15H2,1-5H3/t17-/m0/s1. The molecule has 0 radical (unpaired) electrons. The first kappa shape index (κ1) is 23.6. The summed E-state index contributed by atoms with van der Waals surface area (Å²) in [5, 5.41) is 0. The van der Waals surface area contributed by atoms with E-state index in [9.17, 15) is 18.0 Å². The Hall–Kier alpha value is -2.71. The fraction of sp³-hybridized carbons (Fsp3) is 0.364. The van der Waals surface area contributed by atoms with E-state index in [0.717, 1.165) is 5.56 Å². The smallest absolute Gasteiger partial charge is 0.338 e. The van der Waals surface area contributed by atoms with Crippen molar-refractivity contribution in [1.29, 1.82) is 0 Å². The van der Waals surface area contributed by atoms with Gasteiger partial charge in [-0.1, -0.05) is 36.4 Å². The van der Waals surface area contributed by atoms with Gasteiger partial charge in [0.05, 0.1) is 10.5 Å². The number of likely N-dealkylation sites (N-methyl/N-ethyl adjacent to an activating group) is 1. The van der Waals surface area contributed by atoms with Crippen LogP contribution in [0, 0.1) is 0 Å². The van der Waals surface area contributed by atoms with Crippen molar-refractivity contribution < 1.29 is 22.7 Å². The van der Waals surface area contributed by atoms with Gasteiger partial charge in [0.2, 0.25) is 10.0 Å². The van der Waals surface area contributed by atoms with Crippen LogP contribution >= 0.6 is 0 Å². The van der Waals surface area contributed by atoms with E-state index in [-0.39, 0.29) is 22.4 Å². The first-order valence-corrected chi connectivity index (χ1v) is 11.1. The second-order valence-corrected chi connectivity index (χ2v) is 9.37. The highest BCUT2D eigenvalue weighted by atomic mass is 32.2. The van der Waals surface area contributed by atoms with Crippen LogP contribution in [0.4, 0.5) is 0 Å². The Balaban J connectivity index is 2.09. The highest BCUT2D eigenvalue weighted by Gasteiger charge is 2.26. The van der Waals surface area contributed by atoms with Crippen molar-refractivity contribution in [3.8, 4) is 0 Å². The van der Waals surface area contributed by atoms with Gasteiger partial charge >= 0.3 is 5.97 Å². The van der Waals surface area contributed by atoms with E-state index in [1.807, 2.05) is 30.3 Å². The number of benzene rings is 2. The molecule has 0 unspecified atom stereocenters. The maximum absolute atomic E-state index is 12.7. The fourth-order valence-electron chi connectivity index (χ4n) is 2.75. The third kappa shape index (κ3) is 5.67. The first-order chi connectivity index (χ1) is 14.0. The van der Waals surface area contributed by atoms with E-state index in [1.54, 1.807) is 20.9 Å². The van der Waals surface area contributed by atoms with Crippen molar-refractivity contribution in [2.75, 3.05) is 14.1 Å². The Morgan fingerprint density at radius 2 is 1.60 bits per heavy atom. The van der Waals surface area contributed by atoms with Crippen LogP contribution in [0.15, 0.2) is 59.5 Å². The van der Waals surface area contributed by atoms with E-state index in [4.69, 9.17) is 4.74 Å². The zero-order valence-corrected chi connectivity index (χ0v) is 18.7. The molecule has 0 spiro atoms. The van der Waals surface area contributed by atoms with Crippen LogP contribution in [0.5, 0.6) is 0 Å². The van der Waals surface area contributed by atoms with Crippen LogP contribution in [0.2, 0.25) is 0 Å². The SMILES string of the molecule is CC(C)N(C)S(=O)(=O)c1cccc(C(=O)O[C@@H](C)C(=O)N(C)Cc2ccccc2)c1. The molecule has 0 saturated carbocycles. The second-order valence-electron chi connectivity index (χ2n) is 7.37. The Morgan fingerprint density at radius 1 is 0.967 bits per heavy atom. The number of sulfonamides is 1. The maximum atomic E-state index is 12.7. The number of rotatable bonds is 8. The van der Waals surface area contributed by atoms with Gasteiger partial charge in [-0.2, -0.15) is 4.31 Å². The van der Waals surface area contributed by atoms with Gasteiger partial charge < -0.3 is 9.64 Å². The lowest BCUT2D eigenvalue weighted by molar-refractivity contribution is -0.139. The second kappa shape index (κ2) is 9.86. The molecule has 2 rings (SSSR count). The summed E-state index contributed by atoms with van der Waals surface area (Å²) in [7, 11) is -0.623. The van der Waals surface area contributed by atoms with Gasteiger partial charge in [-0.05, 0) is 44.5 Å². The van der Waals surface area contributed by atoms with Crippen LogP contribution in [-0.2, 0) is 26.1 Å². The third-order valence-corrected chi connectivity index (χ3v) is 6.77. The fourth-order valence-corrected chi connectivity index (χ4v) is 4.17. The molecule has 2 aromatic carbocycles. The number of nitrogens with zero attached hydrogens (tertiary/aromatic N) is 2. The molecule has 7 nitrogen and oxygen atoms in total. The Kier molecular flexibility index (Phi) is 7.75. The molecule has 0 N–H and O–H groups in total. The summed E-state index contributed by atoms with van der Waals surface area (Å²) in [5.74, 6) is -1.11. The predicted octanol–water partition coefficient (Wildman–Crippen LogP) is 2.92. The van der Waals surface area contributed by atoms with Gasteiger partial charge in [-0.15, -0.1) is 0 Å². The predicted molar refractivity (Wildman–Crippen MR) is 114 cm³/mol. The van der Waals surface area contributed by atoms with Crippen molar-refractivity contribution in [3.63, 3.8) is 0 Å². The molecule has 0 fully saturated rings. The van der Waals surface area contributed by atoms with E-state index in [0.29, 0.717) is 6.54 Å². The quantitative estimate of drug-likeness (QED) is 0.599. The Bertz CT molecular complexity index is 990. The van der Waals surface area contributed by atoms with E-state index < -0.39 is 22.1 Å². The summed E-state index contributed by atoms with van der Waals surface area (Å²) in [4.78, 5) is 26.5. The maximum Gasteiger partial charge on any atom is 0.338 e. The Morgan fingerprint density at radius 3 is 2.20 bits per heavy atom. The lowest BCUT2D eigenvalue weighted by Crippen LogP contribution is -2.37. The minimum atomic E-state index is -3.74. The molecule has 0 aromatic heterocycles. The normalized spacial score (nSPS) is 12.6. The lowest BCUT2D eigenvalue weighted by atomic mass is 10.2. The van der Waals surface area contributed by atoms with Crippen molar-refractivity contribution in [2.24, 2.45) is 0 Å². The molecule has 0 aliphatic heterocycles. The monoisotopic (exact) mass is 432 g/mol. The van der Waals surface area contributed by atoms with Crippen molar-refractivity contribution in [1.82, 2.24) is 9.21 Å². The average molecular weight is 433 g/mol. The van der Waals surface area contributed by atoms with E-state index in [1.165, 1.54) is 47.4 Å². The van der Waals surface area contributed by atoms with Gasteiger partial charge in [-0.3, -0.25) is 4.79 Å². The Labute approximate surface area is 178 Å².